The molecule has 0 saturated carbocycles. The first-order chi connectivity index (χ1) is 8.45. The van der Waals surface area contributed by atoms with Crippen LogP contribution in [0.2, 0.25) is 0 Å². The Morgan fingerprint density at radius 3 is 2.17 bits per heavy atom. The number of thioether (sulfide) groups is 1. The number of para-hydroxylation sites is 1. The van der Waals surface area contributed by atoms with Gasteiger partial charge >= 0.3 is 6.18 Å². The van der Waals surface area contributed by atoms with E-state index in [2.05, 4.69) is 0 Å². The first-order valence-electron chi connectivity index (χ1n) is 5.33. The predicted octanol–water partition coefficient (Wildman–Crippen LogP) is 4.53. The highest BCUT2D eigenvalue weighted by molar-refractivity contribution is 7.98. The van der Waals surface area contributed by atoms with Crippen molar-refractivity contribution < 1.29 is 13.2 Å². The summed E-state index contributed by atoms with van der Waals surface area (Å²) in [6.45, 7) is 1.70. The Hall–Kier alpha value is -1.36. The topological polar surface area (TPSA) is 4.93 Å². The summed E-state index contributed by atoms with van der Waals surface area (Å²) in [6.07, 6.45) is -1.49. The van der Waals surface area contributed by atoms with Crippen LogP contribution in [0.1, 0.15) is 11.3 Å². The van der Waals surface area contributed by atoms with Gasteiger partial charge < -0.3 is 4.57 Å². The van der Waals surface area contributed by atoms with Crippen LogP contribution in [0.3, 0.4) is 0 Å². The number of aromatic nitrogens is 1. The third kappa shape index (κ3) is 2.27. The number of rotatable bonds is 2. The summed E-state index contributed by atoms with van der Waals surface area (Å²) in [4.78, 5) is 0.284. The minimum atomic E-state index is -4.32. The van der Waals surface area contributed by atoms with E-state index < -0.39 is 11.7 Å². The molecule has 0 aliphatic rings. The van der Waals surface area contributed by atoms with Crippen LogP contribution in [0.5, 0.6) is 0 Å². The van der Waals surface area contributed by atoms with E-state index in [4.69, 9.17) is 0 Å². The van der Waals surface area contributed by atoms with Crippen molar-refractivity contribution in [1.82, 2.24) is 4.57 Å². The van der Waals surface area contributed by atoms with Gasteiger partial charge in [0.1, 0.15) is 0 Å². The van der Waals surface area contributed by atoms with Gasteiger partial charge in [-0.25, -0.2) is 0 Å². The van der Waals surface area contributed by atoms with Crippen molar-refractivity contribution in [1.29, 1.82) is 0 Å². The highest BCUT2D eigenvalue weighted by Gasteiger charge is 2.36. The number of benzene rings is 1. The first-order valence-corrected chi connectivity index (χ1v) is 6.56. The largest absolute Gasteiger partial charge is 0.418 e. The predicted molar refractivity (Wildman–Crippen MR) is 67.3 cm³/mol. The van der Waals surface area contributed by atoms with Crippen LogP contribution >= 0.6 is 11.8 Å². The van der Waals surface area contributed by atoms with Crippen molar-refractivity contribution in [3.05, 3.63) is 47.8 Å². The van der Waals surface area contributed by atoms with E-state index in [1.54, 1.807) is 42.0 Å². The quantitative estimate of drug-likeness (QED) is 0.727. The molecule has 2 rings (SSSR count). The molecule has 1 aromatic carbocycles. The van der Waals surface area contributed by atoms with Crippen molar-refractivity contribution in [2.75, 3.05) is 6.26 Å². The summed E-state index contributed by atoms with van der Waals surface area (Å²) in [5.74, 6) is 0. The van der Waals surface area contributed by atoms with Crippen molar-refractivity contribution in [3.63, 3.8) is 0 Å². The number of hydrogen-bond donors (Lipinski definition) is 0. The molecule has 0 fully saturated rings. The Kier molecular flexibility index (Phi) is 3.43. The van der Waals surface area contributed by atoms with Gasteiger partial charge in [-0.3, -0.25) is 0 Å². The van der Waals surface area contributed by atoms with Crippen molar-refractivity contribution in [3.8, 4) is 5.69 Å². The smallest absolute Gasteiger partial charge is 0.319 e. The minimum absolute atomic E-state index is 0.284. The standard InChI is InChI=1S/C13H12F3NS/c1-9-12(18-2)11(13(14,15)16)8-17(9)10-6-4-3-5-7-10/h3-8H,1-2H3. The highest BCUT2D eigenvalue weighted by Crippen LogP contribution is 2.39. The van der Waals surface area contributed by atoms with Gasteiger partial charge in [0.2, 0.25) is 0 Å². The molecule has 0 bridgehead atoms. The Bertz CT molecular complexity index is 543. The van der Waals surface area contributed by atoms with E-state index in [1.165, 1.54) is 0 Å². The average molecular weight is 271 g/mol. The lowest BCUT2D eigenvalue weighted by Crippen LogP contribution is -2.04. The molecule has 18 heavy (non-hydrogen) atoms. The van der Waals surface area contributed by atoms with Crippen LogP contribution in [0.15, 0.2) is 41.4 Å². The molecule has 0 aliphatic carbocycles. The maximum absolute atomic E-state index is 12.9. The molecule has 0 aliphatic heterocycles. The van der Waals surface area contributed by atoms with Gasteiger partial charge in [0.15, 0.2) is 0 Å². The highest BCUT2D eigenvalue weighted by atomic mass is 32.2. The Morgan fingerprint density at radius 2 is 1.72 bits per heavy atom. The van der Waals surface area contributed by atoms with Crippen molar-refractivity contribution in [2.45, 2.75) is 18.0 Å². The molecule has 0 amide bonds. The second-order valence-electron chi connectivity index (χ2n) is 3.86. The Labute approximate surface area is 108 Å². The van der Waals surface area contributed by atoms with Crippen LogP contribution in [-0.2, 0) is 6.18 Å². The van der Waals surface area contributed by atoms with Crippen LogP contribution in [0.4, 0.5) is 13.2 Å². The molecular weight excluding hydrogens is 259 g/mol. The molecular formula is C13H12F3NS. The first kappa shape index (κ1) is 13.1. The van der Waals surface area contributed by atoms with Crippen LogP contribution in [0, 0.1) is 6.92 Å². The normalized spacial score (nSPS) is 11.8. The van der Waals surface area contributed by atoms with Crippen molar-refractivity contribution in [2.24, 2.45) is 0 Å². The third-order valence-electron chi connectivity index (χ3n) is 2.74. The number of hydrogen-bond acceptors (Lipinski definition) is 1. The zero-order chi connectivity index (χ0) is 13.3. The van der Waals surface area contributed by atoms with E-state index in [-0.39, 0.29) is 4.90 Å². The van der Waals surface area contributed by atoms with E-state index in [1.807, 2.05) is 6.07 Å². The van der Waals surface area contributed by atoms with Crippen LogP contribution in [-0.4, -0.2) is 10.8 Å². The molecule has 1 heterocycles. The third-order valence-corrected chi connectivity index (χ3v) is 3.66. The van der Waals surface area contributed by atoms with E-state index >= 15 is 0 Å². The fourth-order valence-corrected chi connectivity index (χ4v) is 2.69. The zero-order valence-electron chi connectivity index (χ0n) is 9.95. The molecule has 0 saturated heterocycles. The molecule has 1 aromatic heterocycles. The number of nitrogens with zero attached hydrogens (tertiary/aromatic N) is 1. The molecule has 0 spiro atoms. The molecule has 0 unspecified atom stereocenters. The zero-order valence-corrected chi connectivity index (χ0v) is 10.8. The fraction of sp³-hybridized carbons (Fsp3) is 0.231. The molecule has 0 N–H and O–H groups in total. The fourth-order valence-electron chi connectivity index (χ4n) is 1.91. The summed E-state index contributed by atoms with van der Waals surface area (Å²) in [5, 5.41) is 0. The van der Waals surface area contributed by atoms with Gasteiger partial charge in [-0.05, 0) is 25.3 Å². The van der Waals surface area contributed by atoms with Gasteiger partial charge in [0.05, 0.1) is 5.56 Å². The Balaban J connectivity index is 2.61. The average Bonchev–Trinajstić information content (AvgIpc) is 2.67. The lowest BCUT2D eigenvalue weighted by molar-refractivity contribution is -0.139. The molecule has 0 atom stereocenters. The van der Waals surface area contributed by atoms with E-state index in [0.717, 1.165) is 23.6 Å². The summed E-state index contributed by atoms with van der Waals surface area (Å²) in [7, 11) is 0. The van der Waals surface area contributed by atoms with Gasteiger partial charge in [-0.1, -0.05) is 18.2 Å². The summed E-state index contributed by atoms with van der Waals surface area (Å²) in [5.41, 5.74) is 0.776. The minimum Gasteiger partial charge on any atom is -0.319 e. The van der Waals surface area contributed by atoms with Gasteiger partial charge in [-0.2, -0.15) is 13.2 Å². The SMILES string of the molecule is CSc1c(C(F)(F)F)cn(-c2ccccc2)c1C. The second kappa shape index (κ2) is 4.72. The van der Waals surface area contributed by atoms with Crippen LogP contribution in [0.25, 0.3) is 5.69 Å². The van der Waals surface area contributed by atoms with Crippen molar-refractivity contribution >= 4 is 11.8 Å². The maximum atomic E-state index is 12.9. The molecule has 2 aromatic rings. The molecule has 5 heteroatoms. The van der Waals surface area contributed by atoms with Gasteiger partial charge in [0, 0.05) is 22.5 Å². The van der Waals surface area contributed by atoms with E-state index in [0.29, 0.717) is 5.69 Å². The summed E-state index contributed by atoms with van der Waals surface area (Å²) >= 11 is 1.12. The Morgan fingerprint density at radius 1 is 1.11 bits per heavy atom. The lowest BCUT2D eigenvalue weighted by atomic mass is 10.3. The molecule has 96 valence electrons. The van der Waals surface area contributed by atoms with Gasteiger partial charge in [-0.15, -0.1) is 11.8 Å². The maximum Gasteiger partial charge on any atom is 0.418 e. The summed E-state index contributed by atoms with van der Waals surface area (Å²) in [6, 6.07) is 9.03. The lowest BCUT2D eigenvalue weighted by Gasteiger charge is -2.06. The number of alkyl halides is 3. The summed E-state index contributed by atoms with van der Waals surface area (Å²) < 4.78 is 40.3. The van der Waals surface area contributed by atoms with E-state index in [9.17, 15) is 13.2 Å². The number of halogens is 3. The van der Waals surface area contributed by atoms with Gasteiger partial charge in [0.25, 0.3) is 0 Å². The second-order valence-corrected chi connectivity index (χ2v) is 4.68. The monoisotopic (exact) mass is 271 g/mol. The van der Waals surface area contributed by atoms with Crippen LogP contribution < -0.4 is 0 Å². The molecule has 0 radical (unpaired) electrons. The molecule has 1 nitrogen and oxygen atoms in total.